The van der Waals surface area contributed by atoms with E-state index in [1.807, 2.05) is 54.6 Å². The normalized spacial score (nSPS) is 10.7. The van der Waals surface area contributed by atoms with Crippen molar-refractivity contribution in [1.82, 2.24) is 14.9 Å². The molecule has 0 fully saturated rings. The maximum Gasteiger partial charge on any atom is 0.253 e. The van der Waals surface area contributed by atoms with E-state index in [4.69, 9.17) is 9.47 Å². The van der Waals surface area contributed by atoms with Crippen molar-refractivity contribution in [2.75, 3.05) is 28.3 Å². The summed E-state index contributed by atoms with van der Waals surface area (Å²) in [5.41, 5.74) is 5.24. The monoisotopic (exact) mass is 413 g/mol. The Balaban J connectivity index is 1.79. The van der Waals surface area contributed by atoms with Crippen LogP contribution in [-0.4, -0.2) is 49.1 Å². The Labute approximate surface area is 181 Å². The number of methoxy groups -OCH3 is 2. The van der Waals surface area contributed by atoms with E-state index >= 15 is 0 Å². The molecule has 4 aromatic rings. The Bertz CT molecular complexity index is 1250. The molecular weight excluding hydrogens is 390 g/mol. The van der Waals surface area contributed by atoms with Gasteiger partial charge in [-0.15, -0.1) is 0 Å². The number of carbonyl (C=O) groups excluding carboxylic acids is 1. The van der Waals surface area contributed by atoms with Crippen LogP contribution >= 0.6 is 0 Å². The molecular formula is C25H23N3O3. The zero-order chi connectivity index (χ0) is 22.0. The van der Waals surface area contributed by atoms with Gasteiger partial charge in [0.05, 0.1) is 25.4 Å². The molecule has 6 nitrogen and oxygen atoms in total. The fourth-order valence-corrected chi connectivity index (χ4v) is 3.51. The Kier molecular flexibility index (Phi) is 5.54. The van der Waals surface area contributed by atoms with Crippen molar-refractivity contribution >= 4 is 16.8 Å². The molecule has 0 aliphatic heterocycles. The summed E-state index contributed by atoms with van der Waals surface area (Å²) in [5, 5.41) is 0.932. The van der Waals surface area contributed by atoms with Crippen LogP contribution in [0.4, 0.5) is 0 Å². The van der Waals surface area contributed by atoms with Gasteiger partial charge in [-0.2, -0.15) is 0 Å². The van der Waals surface area contributed by atoms with Gasteiger partial charge in [0.25, 0.3) is 5.91 Å². The van der Waals surface area contributed by atoms with Crippen molar-refractivity contribution in [2.24, 2.45) is 0 Å². The maximum atomic E-state index is 12.2. The standard InChI is InChI=1S/C25H23N3O3/c1-28(2)25(29)17-7-5-16(6-8-17)24-20-13-18(9-11-21(20)26-15-27-24)19-10-12-22(30-3)23(14-19)31-4/h5-15H,1-4H3. The average molecular weight is 413 g/mol. The van der Waals surface area contributed by atoms with E-state index in [1.54, 1.807) is 39.5 Å². The van der Waals surface area contributed by atoms with Gasteiger partial charge in [0.2, 0.25) is 0 Å². The number of aromatic nitrogens is 2. The van der Waals surface area contributed by atoms with Crippen LogP contribution in [0.2, 0.25) is 0 Å². The van der Waals surface area contributed by atoms with Crippen LogP contribution in [0.25, 0.3) is 33.3 Å². The average Bonchev–Trinajstić information content (AvgIpc) is 2.82. The SMILES string of the molecule is COc1ccc(-c2ccc3ncnc(-c4ccc(C(=O)N(C)C)cc4)c3c2)cc1OC. The first-order chi connectivity index (χ1) is 15.0. The Morgan fingerprint density at radius 2 is 1.42 bits per heavy atom. The van der Waals surface area contributed by atoms with Crippen LogP contribution in [-0.2, 0) is 0 Å². The summed E-state index contributed by atoms with van der Waals surface area (Å²) in [5.74, 6) is 1.32. The highest BCUT2D eigenvalue weighted by atomic mass is 16.5. The molecule has 0 unspecified atom stereocenters. The Morgan fingerprint density at radius 3 is 2.10 bits per heavy atom. The Morgan fingerprint density at radius 1 is 0.774 bits per heavy atom. The zero-order valence-electron chi connectivity index (χ0n) is 17.9. The van der Waals surface area contributed by atoms with Crippen LogP contribution in [0.1, 0.15) is 10.4 Å². The minimum Gasteiger partial charge on any atom is -0.493 e. The smallest absolute Gasteiger partial charge is 0.253 e. The highest BCUT2D eigenvalue weighted by Gasteiger charge is 2.12. The van der Waals surface area contributed by atoms with Crippen molar-refractivity contribution in [3.63, 3.8) is 0 Å². The summed E-state index contributed by atoms with van der Waals surface area (Å²) in [7, 11) is 6.72. The zero-order valence-corrected chi connectivity index (χ0v) is 17.9. The number of rotatable bonds is 5. The quantitative estimate of drug-likeness (QED) is 0.475. The first kappa shape index (κ1) is 20.3. The third-order valence-electron chi connectivity index (χ3n) is 5.16. The van der Waals surface area contributed by atoms with Crippen molar-refractivity contribution in [3.05, 3.63) is 72.6 Å². The largest absolute Gasteiger partial charge is 0.493 e. The predicted octanol–water partition coefficient (Wildman–Crippen LogP) is 4.68. The molecule has 156 valence electrons. The molecule has 31 heavy (non-hydrogen) atoms. The number of nitrogens with zero attached hydrogens (tertiary/aromatic N) is 3. The second kappa shape index (κ2) is 8.44. The Hall–Kier alpha value is -3.93. The van der Waals surface area contributed by atoms with Gasteiger partial charge in [0, 0.05) is 30.6 Å². The van der Waals surface area contributed by atoms with Gasteiger partial charge in [-0.3, -0.25) is 4.79 Å². The van der Waals surface area contributed by atoms with E-state index in [2.05, 4.69) is 16.0 Å². The van der Waals surface area contributed by atoms with Gasteiger partial charge in [-0.05, 0) is 47.5 Å². The van der Waals surface area contributed by atoms with Crippen molar-refractivity contribution in [3.8, 4) is 33.9 Å². The molecule has 0 radical (unpaired) electrons. The van der Waals surface area contributed by atoms with E-state index in [1.165, 1.54) is 0 Å². The molecule has 4 rings (SSSR count). The lowest BCUT2D eigenvalue weighted by molar-refractivity contribution is 0.0827. The first-order valence-corrected chi connectivity index (χ1v) is 9.81. The van der Waals surface area contributed by atoms with Gasteiger partial charge in [-0.1, -0.05) is 24.3 Å². The summed E-state index contributed by atoms with van der Waals surface area (Å²) in [6.45, 7) is 0. The van der Waals surface area contributed by atoms with E-state index in [-0.39, 0.29) is 5.91 Å². The fourth-order valence-electron chi connectivity index (χ4n) is 3.51. The van der Waals surface area contributed by atoms with E-state index in [0.717, 1.165) is 33.3 Å². The van der Waals surface area contributed by atoms with Crippen molar-refractivity contribution in [1.29, 1.82) is 0 Å². The van der Waals surface area contributed by atoms with Crippen LogP contribution < -0.4 is 9.47 Å². The lowest BCUT2D eigenvalue weighted by Crippen LogP contribution is -2.21. The number of amides is 1. The van der Waals surface area contributed by atoms with Crippen molar-refractivity contribution < 1.29 is 14.3 Å². The second-order valence-corrected chi connectivity index (χ2v) is 7.30. The molecule has 0 saturated carbocycles. The third-order valence-corrected chi connectivity index (χ3v) is 5.16. The van der Waals surface area contributed by atoms with Gasteiger partial charge < -0.3 is 14.4 Å². The van der Waals surface area contributed by atoms with Gasteiger partial charge in [0.15, 0.2) is 11.5 Å². The molecule has 0 saturated heterocycles. The van der Waals surface area contributed by atoms with Crippen LogP contribution in [0.15, 0.2) is 67.0 Å². The number of carbonyl (C=O) groups is 1. The molecule has 0 N–H and O–H groups in total. The summed E-state index contributed by atoms with van der Waals surface area (Å²) >= 11 is 0. The first-order valence-electron chi connectivity index (χ1n) is 9.81. The minimum atomic E-state index is -0.0326. The molecule has 1 heterocycles. The number of ether oxygens (including phenoxy) is 2. The molecule has 0 aliphatic rings. The van der Waals surface area contributed by atoms with Crippen LogP contribution in [0, 0.1) is 0 Å². The van der Waals surface area contributed by atoms with Crippen LogP contribution in [0.3, 0.4) is 0 Å². The molecule has 0 aliphatic carbocycles. The molecule has 1 aromatic heterocycles. The maximum absolute atomic E-state index is 12.2. The lowest BCUT2D eigenvalue weighted by atomic mass is 9.99. The van der Waals surface area contributed by atoms with E-state index < -0.39 is 0 Å². The molecule has 3 aromatic carbocycles. The second-order valence-electron chi connectivity index (χ2n) is 7.30. The molecule has 0 spiro atoms. The van der Waals surface area contributed by atoms with E-state index in [0.29, 0.717) is 17.1 Å². The molecule has 6 heteroatoms. The number of hydrogen-bond donors (Lipinski definition) is 0. The number of hydrogen-bond acceptors (Lipinski definition) is 5. The topological polar surface area (TPSA) is 64.6 Å². The highest BCUT2D eigenvalue weighted by molar-refractivity contribution is 5.97. The molecule has 0 bridgehead atoms. The predicted molar refractivity (Wildman–Crippen MR) is 122 cm³/mol. The lowest BCUT2D eigenvalue weighted by Gasteiger charge is -2.12. The van der Waals surface area contributed by atoms with Crippen LogP contribution in [0.5, 0.6) is 11.5 Å². The van der Waals surface area contributed by atoms with Gasteiger partial charge in [0.1, 0.15) is 6.33 Å². The molecule has 0 atom stereocenters. The van der Waals surface area contributed by atoms with Gasteiger partial charge >= 0.3 is 0 Å². The summed E-state index contributed by atoms with van der Waals surface area (Å²) in [6.07, 6.45) is 1.56. The highest BCUT2D eigenvalue weighted by Crippen LogP contribution is 2.34. The minimum absolute atomic E-state index is 0.0326. The summed E-state index contributed by atoms with van der Waals surface area (Å²) in [4.78, 5) is 22.7. The summed E-state index contributed by atoms with van der Waals surface area (Å²) in [6, 6.07) is 19.4. The number of benzene rings is 3. The summed E-state index contributed by atoms with van der Waals surface area (Å²) < 4.78 is 10.8. The van der Waals surface area contributed by atoms with Crippen molar-refractivity contribution in [2.45, 2.75) is 0 Å². The molecule has 1 amide bonds. The fraction of sp³-hybridized carbons (Fsp3) is 0.160. The number of fused-ring (bicyclic) bond motifs is 1. The van der Waals surface area contributed by atoms with E-state index in [9.17, 15) is 4.79 Å². The van der Waals surface area contributed by atoms with Gasteiger partial charge in [-0.25, -0.2) is 9.97 Å². The third kappa shape index (κ3) is 3.92.